The molecule has 0 fully saturated rings. The molecular formula is C27H24ClN7O4. The van der Waals surface area contributed by atoms with Gasteiger partial charge in [0.2, 0.25) is 11.8 Å². The van der Waals surface area contributed by atoms with Crippen LogP contribution in [0.3, 0.4) is 0 Å². The summed E-state index contributed by atoms with van der Waals surface area (Å²) in [5.74, 6) is -0.891. The standard InChI is InChI=1S/C27H24ClN7O4/c1-39-27(38)31-22-11-9-21(10-12-22)30-26(37)23(15-18-5-3-2-4-6-18)32-25(36)14-7-19-16-20(28)8-13-24(19)35-17-29-33-34-35/h2-14,16-17,23H,15H2,1H3,(H,30,37)(H,31,38)(H,32,36). The lowest BCUT2D eigenvalue weighted by Crippen LogP contribution is -2.44. The van der Waals surface area contributed by atoms with E-state index in [4.69, 9.17) is 11.6 Å². The second kappa shape index (κ2) is 13.0. The highest BCUT2D eigenvalue weighted by molar-refractivity contribution is 6.30. The average molecular weight is 546 g/mol. The van der Waals surface area contributed by atoms with Gasteiger partial charge in [-0.2, -0.15) is 4.68 Å². The maximum Gasteiger partial charge on any atom is 0.411 e. The molecule has 11 nitrogen and oxygen atoms in total. The van der Waals surface area contributed by atoms with Gasteiger partial charge in [-0.25, -0.2) is 4.79 Å². The van der Waals surface area contributed by atoms with Crippen molar-refractivity contribution in [3.63, 3.8) is 0 Å². The van der Waals surface area contributed by atoms with Crippen LogP contribution in [0.2, 0.25) is 5.02 Å². The molecule has 0 spiro atoms. The molecule has 3 amide bonds. The van der Waals surface area contributed by atoms with Crippen molar-refractivity contribution >= 4 is 47.0 Å². The summed E-state index contributed by atoms with van der Waals surface area (Å²) in [4.78, 5) is 37.5. The van der Waals surface area contributed by atoms with Crippen LogP contribution >= 0.6 is 11.6 Å². The van der Waals surface area contributed by atoms with Crippen molar-refractivity contribution in [2.75, 3.05) is 17.7 Å². The van der Waals surface area contributed by atoms with Crippen molar-refractivity contribution in [2.45, 2.75) is 12.5 Å². The third-order valence-corrected chi connectivity index (χ3v) is 5.73. The number of hydrogen-bond acceptors (Lipinski definition) is 7. The van der Waals surface area contributed by atoms with Crippen LogP contribution in [-0.4, -0.2) is 51.3 Å². The SMILES string of the molecule is COC(=O)Nc1ccc(NC(=O)C(Cc2ccccc2)NC(=O)C=Cc2cc(Cl)ccc2-n2cnnn2)cc1. The second-order valence-electron chi connectivity index (χ2n) is 8.22. The number of hydrogen-bond donors (Lipinski definition) is 3. The lowest BCUT2D eigenvalue weighted by Gasteiger charge is -2.18. The van der Waals surface area contributed by atoms with Crippen LogP contribution in [-0.2, 0) is 20.7 Å². The van der Waals surface area contributed by atoms with Crippen molar-refractivity contribution in [1.29, 1.82) is 0 Å². The number of tetrazole rings is 1. The van der Waals surface area contributed by atoms with Gasteiger partial charge in [0.05, 0.1) is 12.8 Å². The van der Waals surface area contributed by atoms with Crippen LogP contribution < -0.4 is 16.0 Å². The number of aromatic nitrogens is 4. The fourth-order valence-electron chi connectivity index (χ4n) is 3.62. The van der Waals surface area contributed by atoms with E-state index in [1.807, 2.05) is 30.3 Å². The molecule has 4 aromatic rings. The van der Waals surface area contributed by atoms with Crippen molar-refractivity contribution in [3.8, 4) is 5.69 Å². The molecule has 0 saturated carbocycles. The molecule has 3 aromatic carbocycles. The molecule has 3 N–H and O–H groups in total. The maximum atomic E-state index is 13.2. The first-order valence-corrected chi connectivity index (χ1v) is 12.1. The molecule has 0 saturated heterocycles. The Balaban J connectivity index is 1.49. The Labute approximate surface area is 228 Å². The Morgan fingerprint density at radius 2 is 1.72 bits per heavy atom. The smallest absolute Gasteiger partial charge is 0.411 e. The highest BCUT2D eigenvalue weighted by atomic mass is 35.5. The fourth-order valence-corrected chi connectivity index (χ4v) is 3.80. The first-order chi connectivity index (χ1) is 18.9. The van der Waals surface area contributed by atoms with Gasteiger partial charge >= 0.3 is 6.09 Å². The Morgan fingerprint density at radius 1 is 1.00 bits per heavy atom. The first-order valence-electron chi connectivity index (χ1n) is 11.7. The maximum absolute atomic E-state index is 13.2. The Hall–Kier alpha value is -5.03. The van der Waals surface area contributed by atoms with Crippen LogP contribution in [0.15, 0.2) is 85.2 Å². The minimum Gasteiger partial charge on any atom is -0.453 e. The van der Waals surface area contributed by atoms with Crippen LogP contribution in [0, 0.1) is 0 Å². The Morgan fingerprint density at radius 3 is 2.38 bits per heavy atom. The number of benzene rings is 3. The van der Waals surface area contributed by atoms with Crippen LogP contribution in [0.4, 0.5) is 16.2 Å². The summed E-state index contributed by atoms with van der Waals surface area (Å²) in [6.07, 6.45) is 3.98. The fraction of sp³-hybridized carbons (Fsp3) is 0.111. The Bertz CT molecular complexity index is 1460. The number of nitrogens with zero attached hydrogens (tertiary/aromatic N) is 4. The average Bonchev–Trinajstić information content (AvgIpc) is 3.48. The second-order valence-corrected chi connectivity index (χ2v) is 8.66. The molecule has 39 heavy (non-hydrogen) atoms. The van der Waals surface area contributed by atoms with E-state index in [0.29, 0.717) is 27.6 Å². The van der Waals surface area contributed by atoms with E-state index in [0.717, 1.165) is 5.56 Å². The number of halogens is 1. The number of nitrogens with one attached hydrogen (secondary N) is 3. The summed E-state index contributed by atoms with van der Waals surface area (Å²) in [7, 11) is 1.27. The lowest BCUT2D eigenvalue weighted by atomic mass is 10.0. The van der Waals surface area contributed by atoms with Crippen molar-refractivity contribution in [1.82, 2.24) is 25.5 Å². The summed E-state index contributed by atoms with van der Waals surface area (Å²) >= 11 is 6.15. The molecule has 0 aliphatic rings. The number of carbonyl (C=O) groups excluding carboxylic acids is 3. The number of anilines is 2. The van der Waals surface area contributed by atoms with Crippen LogP contribution in [0.5, 0.6) is 0 Å². The van der Waals surface area contributed by atoms with E-state index < -0.39 is 23.9 Å². The van der Waals surface area contributed by atoms with Gasteiger partial charge in [0.1, 0.15) is 12.4 Å². The van der Waals surface area contributed by atoms with Gasteiger partial charge in [0, 0.05) is 34.5 Å². The minimum absolute atomic E-state index is 0.265. The number of amides is 3. The summed E-state index contributed by atoms with van der Waals surface area (Å²) in [5.41, 5.74) is 3.09. The number of rotatable bonds is 9. The van der Waals surface area contributed by atoms with Crippen molar-refractivity contribution < 1.29 is 19.1 Å². The molecule has 0 bridgehead atoms. The molecular weight excluding hydrogens is 522 g/mol. The van der Waals surface area contributed by atoms with E-state index in [2.05, 4.69) is 36.2 Å². The van der Waals surface area contributed by atoms with Crippen molar-refractivity contribution in [2.24, 2.45) is 0 Å². The van der Waals surface area contributed by atoms with E-state index in [1.54, 1.807) is 48.5 Å². The van der Waals surface area contributed by atoms with Gasteiger partial charge in [-0.15, -0.1) is 5.10 Å². The molecule has 1 unspecified atom stereocenters. The zero-order chi connectivity index (χ0) is 27.6. The molecule has 1 atom stereocenters. The van der Waals surface area contributed by atoms with Gasteiger partial charge in [0.25, 0.3) is 0 Å². The number of carbonyl (C=O) groups is 3. The number of ether oxygens (including phenoxy) is 1. The third-order valence-electron chi connectivity index (χ3n) is 5.50. The zero-order valence-corrected chi connectivity index (χ0v) is 21.5. The van der Waals surface area contributed by atoms with Gasteiger partial charge in [-0.1, -0.05) is 41.9 Å². The highest BCUT2D eigenvalue weighted by Gasteiger charge is 2.21. The van der Waals surface area contributed by atoms with Crippen LogP contribution in [0.1, 0.15) is 11.1 Å². The molecule has 0 aliphatic carbocycles. The summed E-state index contributed by atoms with van der Waals surface area (Å²) in [6, 6.07) is 20.1. The quantitative estimate of drug-likeness (QED) is 0.271. The monoisotopic (exact) mass is 545 g/mol. The topological polar surface area (TPSA) is 140 Å². The Kier molecular flexibility index (Phi) is 8.99. The van der Waals surface area contributed by atoms with Gasteiger partial charge in [-0.3, -0.25) is 14.9 Å². The third kappa shape index (κ3) is 7.73. The lowest BCUT2D eigenvalue weighted by molar-refractivity contribution is -0.123. The van der Waals surface area contributed by atoms with E-state index in [9.17, 15) is 14.4 Å². The summed E-state index contributed by atoms with van der Waals surface area (Å²) in [6.45, 7) is 0. The zero-order valence-electron chi connectivity index (χ0n) is 20.7. The molecule has 4 rings (SSSR count). The largest absolute Gasteiger partial charge is 0.453 e. The van der Waals surface area contributed by atoms with Gasteiger partial charge < -0.3 is 15.4 Å². The highest BCUT2D eigenvalue weighted by Crippen LogP contribution is 2.20. The van der Waals surface area contributed by atoms with E-state index in [-0.39, 0.29) is 6.42 Å². The molecule has 12 heteroatoms. The molecule has 0 radical (unpaired) electrons. The van der Waals surface area contributed by atoms with Gasteiger partial charge in [0.15, 0.2) is 0 Å². The van der Waals surface area contributed by atoms with E-state index >= 15 is 0 Å². The normalized spacial score (nSPS) is 11.5. The minimum atomic E-state index is -0.879. The van der Waals surface area contributed by atoms with Crippen molar-refractivity contribution in [3.05, 3.63) is 101 Å². The molecule has 1 aromatic heterocycles. The summed E-state index contributed by atoms with van der Waals surface area (Å²) < 4.78 is 6.02. The summed E-state index contributed by atoms with van der Waals surface area (Å²) in [5, 5.41) is 19.8. The van der Waals surface area contributed by atoms with Gasteiger partial charge in [-0.05, 0) is 64.5 Å². The van der Waals surface area contributed by atoms with E-state index in [1.165, 1.54) is 24.2 Å². The molecule has 198 valence electrons. The number of methoxy groups -OCH3 is 1. The first kappa shape index (κ1) is 27.0. The molecule has 1 heterocycles. The van der Waals surface area contributed by atoms with Crippen LogP contribution in [0.25, 0.3) is 11.8 Å². The predicted molar refractivity (Wildman–Crippen MR) is 146 cm³/mol. The predicted octanol–water partition coefficient (Wildman–Crippen LogP) is 3.87. The molecule has 0 aliphatic heterocycles.